The molecule has 0 radical (unpaired) electrons. The molecule has 1 aliphatic heterocycles. The Kier molecular flexibility index (Phi) is 5.74. The number of carbonyl (C=O) groups is 1. The van der Waals surface area contributed by atoms with E-state index in [4.69, 9.17) is 4.74 Å². The molecule has 2 rings (SSSR count). The standard InChI is InChI=1S/C16H30N2O4S/c1-5-16(6-2)13(10-14(16)22-3)17-15(19)12-8-7-9-18(11-12)23(4,20)21/h12-14H,5-11H2,1-4H3,(H,17,19)/t12-,13-,14-/m1/s1. The summed E-state index contributed by atoms with van der Waals surface area (Å²) in [5, 5.41) is 3.17. The Morgan fingerprint density at radius 3 is 2.52 bits per heavy atom. The summed E-state index contributed by atoms with van der Waals surface area (Å²) in [6, 6.07) is 0.128. The van der Waals surface area contributed by atoms with E-state index in [-0.39, 0.29) is 29.4 Å². The van der Waals surface area contributed by atoms with Crippen molar-refractivity contribution in [3.8, 4) is 0 Å². The molecular weight excluding hydrogens is 316 g/mol. The third-order valence-corrected chi connectivity index (χ3v) is 7.20. The number of ether oxygens (including phenoxy) is 1. The fraction of sp³-hybridized carbons (Fsp3) is 0.938. The van der Waals surface area contributed by atoms with Gasteiger partial charge in [-0.3, -0.25) is 4.79 Å². The van der Waals surface area contributed by atoms with Gasteiger partial charge >= 0.3 is 0 Å². The fourth-order valence-corrected chi connectivity index (χ4v) is 5.14. The van der Waals surface area contributed by atoms with Crippen LogP contribution >= 0.6 is 0 Å². The number of rotatable bonds is 6. The first kappa shape index (κ1) is 18.7. The van der Waals surface area contributed by atoms with Crippen molar-refractivity contribution in [2.24, 2.45) is 11.3 Å². The van der Waals surface area contributed by atoms with Crippen molar-refractivity contribution in [1.29, 1.82) is 0 Å². The lowest BCUT2D eigenvalue weighted by molar-refractivity contribution is -0.144. The Bertz CT molecular complexity index is 530. The molecule has 134 valence electrons. The van der Waals surface area contributed by atoms with Gasteiger partial charge in [-0.15, -0.1) is 0 Å². The van der Waals surface area contributed by atoms with Crippen LogP contribution in [0.1, 0.15) is 46.0 Å². The molecule has 1 amide bonds. The van der Waals surface area contributed by atoms with Gasteiger partial charge in [0.15, 0.2) is 0 Å². The van der Waals surface area contributed by atoms with Gasteiger partial charge in [-0.1, -0.05) is 13.8 Å². The summed E-state index contributed by atoms with van der Waals surface area (Å²) in [4.78, 5) is 12.6. The average molecular weight is 346 g/mol. The number of piperidine rings is 1. The number of methoxy groups -OCH3 is 1. The molecule has 6 nitrogen and oxygen atoms in total. The smallest absolute Gasteiger partial charge is 0.224 e. The third kappa shape index (κ3) is 3.56. The average Bonchev–Trinajstić information content (AvgIpc) is 2.51. The molecule has 0 bridgehead atoms. The van der Waals surface area contributed by atoms with Crippen LogP contribution < -0.4 is 5.32 Å². The zero-order valence-electron chi connectivity index (χ0n) is 14.7. The van der Waals surface area contributed by atoms with E-state index < -0.39 is 10.0 Å². The number of sulfonamides is 1. The van der Waals surface area contributed by atoms with Gasteiger partial charge in [0.05, 0.1) is 18.3 Å². The maximum atomic E-state index is 12.6. The zero-order chi connectivity index (χ0) is 17.3. The van der Waals surface area contributed by atoms with Gasteiger partial charge in [-0.2, -0.15) is 0 Å². The Morgan fingerprint density at radius 1 is 1.35 bits per heavy atom. The lowest BCUT2D eigenvalue weighted by Crippen LogP contribution is -2.65. The number of carbonyl (C=O) groups excluding carboxylic acids is 1. The van der Waals surface area contributed by atoms with Crippen LogP contribution in [0.25, 0.3) is 0 Å². The number of nitrogens with zero attached hydrogens (tertiary/aromatic N) is 1. The maximum Gasteiger partial charge on any atom is 0.224 e. The molecule has 0 aromatic rings. The molecule has 1 aliphatic carbocycles. The molecule has 2 aliphatic rings. The van der Waals surface area contributed by atoms with Gasteiger partial charge < -0.3 is 10.1 Å². The Morgan fingerprint density at radius 2 is 2.00 bits per heavy atom. The van der Waals surface area contributed by atoms with E-state index in [0.717, 1.165) is 32.1 Å². The van der Waals surface area contributed by atoms with E-state index in [1.807, 2.05) is 0 Å². The number of nitrogens with one attached hydrogen (secondary N) is 1. The second-order valence-corrected chi connectivity index (χ2v) is 8.90. The van der Waals surface area contributed by atoms with Gasteiger partial charge in [0.1, 0.15) is 0 Å². The van der Waals surface area contributed by atoms with Gasteiger partial charge in [0, 0.05) is 31.7 Å². The summed E-state index contributed by atoms with van der Waals surface area (Å²) in [5.41, 5.74) is 0.00952. The first-order valence-electron chi connectivity index (χ1n) is 8.56. The minimum atomic E-state index is -3.22. The molecule has 23 heavy (non-hydrogen) atoms. The second-order valence-electron chi connectivity index (χ2n) is 6.92. The molecule has 0 aromatic heterocycles. The molecular formula is C16H30N2O4S. The normalized spacial score (nSPS) is 31.4. The number of amides is 1. The third-order valence-electron chi connectivity index (χ3n) is 5.93. The lowest BCUT2D eigenvalue weighted by Gasteiger charge is -2.55. The van der Waals surface area contributed by atoms with Crippen molar-refractivity contribution in [1.82, 2.24) is 9.62 Å². The predicted octanol–water partition coefficient (Wildman–Crippen LogP) is 1.37. The summed E-state index contributed by atoms with van der Waals surface area (Å²) in [5.74, 6) is -0.254. The zero-order valence-corrected chi connectivity index (χ0v) is 15.5. The molecule has 1 saturated carbocycles. The molecule has 2 fully saturated rings. The highest BCUT2D eigenvalue weighted by atomic mass is 32.2. The van der Waals surface area contributed by atoms with Gasteiger partial charge in [-0.25, -0.2) is 12.7 Å². The summed E-state index contributed by atoms with van der Waals surface area (Å²) in [6.45, 7) is 5.10. The van der Waals surface area contributed by atoms with Crippen LogP contribution in [0, 0.1) is 11.3 Å². The van der Waals surface area contributed by atoms with E-state index in [1.54, 1.807) is 7.11 Å². The molecule has 1 saturated heterocycles. The van der Waals surface area contributed by atoms with Crippen molar-refractivity contribution in [3.05, 3.63) is 0 Å². The Labute approximate surface area is 140 Å². The molecule has 0 unspecified atom stereocenters. The van der Waals surface area contributed by atoms with Crippen LogP contribution in [0.2, 0.25) is 0 Å². The first-order valence-corrected chi connectivity index (χ1v) is 10.4. The van der Waals surface area contributed by atoms with Crippen molar-refractivity contribution in [2.75, 3.05) is 26.5 Å². The lowest BCUT2D eigenvalue weighted by atomic mass is 9.58. The molecule has 1 heterocycles. The largest absolute Gasteiger partial charge is 0.381 e. The first-order chi connectivity index (χ1) is 10.8. The Hall–Kier alpha value is -0.660. The van der Waals surface area contributed by atoms with Gasteiger partial charge in [0.2, 0.25) is 15.9 Å². The van der Waals surface area contributed by atoms with Crippen LogP contribution in [0.4, 0.5) is 0 Å². The van der Waals surface area contributed by atoms with Crippen LogP contribution in [0.5, 0.6) is 0 Å². The molecule has 3 atom stereocenters. The quantitative estimate of drug-likeness (QED) is 0.788. The van der Waals surface area contributed by atoms with E-state index >= 15 is 0 Å². The van der Waals surface area contributed by atoms with Crippen LogP contribution in [-0.4, -0.2) is 57.2 Å². The van der Waals surface area contributed by atoms with E-state index in [0.29, 0.717) is 13.1 Å². The van der Waals surface area contributed by atoms with E-state index in [2.05, 4.69) is 19.2 Å². The van der Waals surface area contributed by atoms with Gasteiger partial charge in [0.25, 0.3) is 0 Å². The predicted molar refractivity (Wildman–Crippen MR) is 89.5 cm³/mol. The van der Waals surface area contributed by atoms with Crippen molar-refractivity contribution in [2.45, 2.75) is 58.1 Å². The van der Waals surface area contributed by atoms with Crippen molar-refractivity contribution in [3.63, 3.8) is 0 Å². The highest BCUT2D eigenvalue weighted by Gasteiger charge is 2.53. The minimum Gasteiger partial charge on any atom is -0.381 e. The van der Waals surface area contributed by atoms with Crippen molar-refractivity contribution >= 4 is 15.9 Å². The van der Waals surface area contributed by atoms with E-state index in [1.165, 1.54) is 10.6 Å². The highest BCUT2D eigenvalue weighted by Crippen LogP contribution is 2.48. The Balaban J connectivity index is 1.99. The SMILES string of the molecule is CCC1(CC)[C@H](NC(=O)[C@@H]2CCCN(S(C)(=O)=O)C2)C[C@H]1OC. The second kappa shape index (κ2) is 7.07. The molecule has 0 spiro atoms. The van der Waals surface area contributed by atoms with Crippen molar-refractivity contribution < 1.29 is 17.9 Å². The summed E-state index contributed by atoms with van der Waals surface area (Å²) in [6.07, 6.45) is 5.67. The number of hydrogen-bond acceptors (Lipinski definition) is 4. The number of hydrogen-bond donors (Lipinski definition) is 1. The van der Waals surface area contributed by atoms with Crippen LogP contribution in [-0.2, 0) is 19.6 Å². The monoisotopic (exact) mass is 346 g/mol. The van der Waals surface area contributed by atoms with Crippen LogP contribution in [0.15, 0.2) is 0 Å². The van der Waals surface area contributed by atoms with E-state index in [9.17, 15) is 13.2 Å². The summed E-state index contributed by atoms with van der Waals surface area (Å²) in [7, 11) is -1.49. The molecule has 0 aromatic carbocycles. The molecule has 1 N–H and O–H groups in total. The topological polar surface area (TPSA) is 75.7 Å². The summed E-state index contributed by atoms with van der Waals surface area (Å²) < 4.78 is 30.4. The highest BCUT2D eigenvalue weighted by molar-refractivity contribution is 7.88. The summed E-state index contributed by atoms with van der Waals surface area (Å²) >= 11 is 0. The van der Waals surface area contributed by atoms with Gasteiger partial charge in [-0.05, 0) is 32.1 Å². The molecule has 7 heteroatoms. The van der Waals surface area contributed by atoms with Crippen LogP contribution in [0.3, 0.4) is 0 Å². The maximum absolute atomic E-state index is 12.6. The minimum absolute atomic E-state index is 0.00952. The fourth-order valence-electron chi connectivity index (χ4n) is 4.23.